The zero-order valence-electron chi connectivity index (χ0n) is 12.6. The van der Waals surface area contributed by atoms with Crippen LogP contribution in [0.3, 0.4) is 0 Å². The molecule has 0 atom stereocenters. The first-order valence-corrected chi connectivity index (χ1v) is 7.01. The molecule has 0 saturated heterocycles. The second-order valence-electron chi connectivity index (χ2n) is 4.74. The standard InChI is InChI=1S/C16H20N2O3/c1-4-5-10-21-13-8-6-12(7-9-13)16(19)15-14(20-3)11-17-18(15)2/h6-9,11H,4-5,10H2,1-3H3. The third-order valence-electron chi connectivity index (χ3n) is 3.22. The number of rotatable bonds is 7. The van der Waals surface area contributed by atoms with Crippen LogP contribution in [0.5, 0.6) is 11.5 Å². The van der Waals surface area contributed by atoms with E-state index in [1.807, 2.05) is 12.1 Å². The Bertz CT molecular complexity index is 602. The summed E-state index contributed by atoms with van der Waals surface area (Å²) in [6.45, 7) is 2.81. The largest absolute Gasteiger partial charge is 0.494 e. The van der Waals surface area contributed by atoms with E-state index in [0.29, 0.717) is 23.6 Å². The van der Waals surface area contributed by atoms with Gasteiger partial charge < -0.3 is 9.47 Å². The van der Waals surface area contributed by atoms with Gasteiger partial charge in [-0.2, -0.15) is 5.10 Å². The van der Waals surface area contributed by atoms with Crippen molar-refractivity contribution in [3.8, 4) is 11.5 Å². The van der Waals surface area contributed by atoms with Crippen LogP contribution in [-0.4, -0.2) is 29.3 Å². The molecule has 1 aromatic carbocycles. The predicted octanol–water partition coefficient (Wildman–Crippen LogP) is 2.84. The second kappa shape index (κ2) is 6.92. The van der Waals surface area contributed by atoms with Gasteiger partial charge in [-0.15, -0.1) is 0 Å². The highest BCUT2D eigenvalue weighted by Gasteiger charge is 2.19. The molecule has 0 spiro atoms. The molecule has 5 nitrogen and oxygen atoms in total. The van der Waals surface area contributed by atoms with E-state index in [1.54, 1.807) is 19.2 Å². The summed E-state index contributed by atoms with van der Waals surface area (Å²) in [4.78, 5) is 12.5. The summed E-state index contributed by atoms with van der Waals surface area (Å²) in [6.07, 6.45) is 3.65. The van der Waals surface area contributed by atoms with Crippen molar-refractivity contribution in [2.24, 2.45) is 7.05 Å². The molecular formula is C16H20N2O3. The minimum absolute atomic E-state index is 0.119. The molecule has 0 aliphatic rings. The number of benzene rings is 1. The third kappa shape index (κ3) is 3.42. The number of nitrogens with zero attached hydrogens (tertiary/aromatic N) is 2. The van der Waals surface area contributed by atoms with Crippen LogP contribution in [0, 0.1) is 0 Å². The fourth-order valence-electron chi connectivity index (χ4n) is 2.00. The molecule has 0 aliphatic carbocycles. The number of hydrogen-bond donors (Lipinski definition) is 0. The quantitative estimate of drug-likeness (QED) is 0.580. The SMILES string of the molecule is CCCCOc1ccc(C(=O)c2c(OC)cnn2C)cc1. The highest BCUT2D eigenvalue weighted by molar-refractivity contribution is 6.09. The maximum atomic E-state index is 12.5. The van der Waals surface area contributed by atoms with Gasteiger partial charge in [-0.25, -0.2) is 0 Å². The summed E-state index contributed by atoms with van der Waals surface area (Å²) >= 11 is 0. The van der Waals surface area contributed by atoms with Gasteiger partial charge in [0.15, 0.2) is 11.4 Å². The van der Waals surface area contributed by atoms with Crippen LogP contribution in [-0.2, 0) is 7.05 Å². The van der Waals surface area contributed by atoms with E-state index in [9.17, 15) is 4.79 Å². The lowest BCUT2D eigenvalue weighted by atomic mass is 10.1. The van der Waals surface area contributed by atoms with Gasteiger partial charge in [-0.1, -0.05) is 13.3 Å². The maximum Gasteiger partial charge on any atom is 0.214 e. The Morgan fingerprint density at radius 1 is 1.29 bits per heavy atom. The van der Waals surface area contributed by atoms with Crippen LogP contribution < -0.4 is 9.47 Å². The molecule has 0 aliphatic heterocycles. The highest BCUT2D eigenvalue weighted by atomic mass is 16.5. The molecule has 0 unspecified atom stereocenters. The number of ketones is 1. The molecule has 5 heteroatoms. The monoisotopic (exact) mass is 288 g/mol. The Morgan fingerprint density at radius 2 is 2.00 bits per heavy atom. The smallest absolute Gasteiger partial charge is 0.214 e. The number of aromatic nitrogens is 2. The average molecular weight is 288 g/mol. The second-order valence-corrected chi connectivity index (χ2v) is 4.74. The molecule has 0 saturated carbocycles. The summed E-state index contributed by atoms with van der Waals surface area (Å²) in [7, 11) is 3.25. The van der Waals surface area contributed by atoms with Crippen molar-refractivity contribution in [2.75, 3.05) is 13.7 Å². The van der Waals surface area contributed by atoms with E-state index in [1.165, 1.54) is 18.0 Å². The molecule has 2 rings (SSSR count). The third-order valence-corrected chi connectivity index (χ3v) is 3.22. The van der Waals surface area contributed by atoms with Crippen molar-refractivity contribution < 1.29 is 14.3 Å². The van der Waals surface area contributed by atoms with Crippen LogP contribution in [0.4, 0.5) is 0 Å². The van der Waals surface area contributed by atoms with E-state index in [0.717, 1.165) is 18.6 Å². The summed E-state index contributed by atoms with van der Waals surface area (Å²) in [6, 6.07) is 7.14. The van der Waals surface area contributed by atoms with E-state index < -0.39 is 0 Å². The van der Waals surface area contributed by atoms with Crippen LogP contribution >= 0.6 is 0 Å². The number of methoxy groups -OCH3 is 1. The highest BCUT2D eigenvalue weighted by Crippen LogP contribution is 2.22. The van der Waals surface area contributed by atoms with Crippen LogP contribution in [0.2, 0.25) is 0 Å². The zero-order chi connectivity index (χ0) is 15.2. The Balaban J connectivity index is 2.14. The molecule has 0 N–H and O–H groups in total. The molecule has 21 heavy (non-hydrogen) atoms. The van der Waals surface area contributed by atoms with Crippen LogP contribution in [0.1, 0.15) is 35.8 Å². The van der Waals surface area contributed by atoms with Gasteiger partial charge in [-0.05, 0) is 30.7 Å². The van der Waals surface area contributed by atoms with Crippen molar-refractivity contribution in [2.45, 2.75) is 19.8 Å². The molecule has 2 aromatic rings. The normalized spacial score (nSPS) is 10.4. The van der Waals surface area contributed by atoms with E-state index >= 15 is 0 Å². The Hall–Kier alpha value is -2.30. The molecule has 112 valence electrons. The average Bonchev–Trinajstić information content (AvgIpc) is 2.88. The molecule has 0 radical (unpaired) electrons. The van der Waals surface area contributed by atoms with Gasteiger partial charge in [0, 0.05) is 12.6 Å². The van der Waals surface area contributed by atoms with Crippen LogP contribution in [0.25, 0.3) is 0 Å². The van der Waals surface area contributed by atoms with Gasteiger partial charge >= 0.3 is 0 Å². The van der Waals surface area contributed by atoms with Crippen LogP contribution in [0.15, 0.2) is 30.5 Å². The van der Waals surface area contributed by atoms with Gasteiger partial charge in [0.2, 0.25) is 5.78 Å². The molecule has 1 aromatic heterocycles. The fraction of sp³-hybridized carbons (Fsp3) is 0.375. The molecule has 0 amide bonds. The lowest BCUT2D eigenvalue weighted by Crippen LogP contribution is -2.09. The fourth-order valence-corrected chi connectivity index (χ4v) is 2.00. The van der Waals surface area contributed by atoms with Gasteiger partial charge in [0.1, 0.15) is 5.75 Å². The van der Waals surface area contributed by atoms with Crippen molar-refractivity contribution >= 4 is 5.78 Å². The summed E-state index contributed by atoms with van der Waals surface area (Å²) < 4.78 is 12.3. The number of ether oxygens (including phenoxy) is 2. The predicted molar refractivity (Wildman–Crippen MR) is 80.0 cm³/mol. The van der Waals surface area contributed by atoms with E-state index in [4.69, 9.17) is 9.47 Å². The minimum Gasteiger partial charge on any atom is -0.494 e. The molecule has 0 fully saturated rings. The lowest BCUT2D eigenvalue weighted by molar-refractivity contribution is 0.102. The van der Waals surface area contributed by atoms with Gasteiger partial charge in [-0.3, -0.25) is 9.48 Å². The number of hydrogen-bond acceptors (Lipinski definition) is 4. The first-order valence-electron chi connectivity index (χ1n) is 7.01. The van der Waals surface area contributed by atoms with Crippen molar-refractivity contribution in [1.82, 2.24) is 9.78 Å². The molecule has 0 bridgehead atoms. The Kier molecular flexibility index (Phi) is 4.98. The molecular weight excluding hydrogens is 268 g/mol. The number of aryl methyl sites for hydroxylation is 1. The van der Waals surface area contributed by atoms with E-state index in [2.05, 4.69) is 12.0 Å². The first-order chi connectivity index (χ1) is 10.2. The Morgan fingerprint density at radius 3 is 2.62 bits per heavy atom. The van der Waals surface area contributed by atoms with Crippen molar-refractivity contribution in [3.05, 3.63) is 41.7 Å². The number of carbonyl (C=O) groups excluding carboxylic acids is 1. The van der Waals surface area contributed by atoms with Crippen molar-refractivity contribution in [3.63, 3.8) is 0 Å². The number of unbranched alkanes of at least 4 members (excludes halogenated alkanes) is 1. The van der Waals surface area contributed by atoms with Gasteiger partial charge in [0.05, 0.1) is 19.9 Å². The molecule has 1 heterocycles. The van der Waals surface area contributed by atoms with Gasteiger partial charge in [0.25, 0.3) is 0 Å². The summed E-state index contributed by atoms with van der Waals surface area (Å²) in [5.74, 6) is 1.13. The zero-order valence-corrected chi connectivity index (χ0v) is 12.6. The summed E-state index contributed by atoms with van der Waals surface area (Å²) in [5, 5.41) is 4.05. The van der Waals surface area contributed by atoms with Crippen molar-refractivity contribution in [1.29, 1.82) is 0 Å². The lowest BCUT2D eigenvalue weighted by Gasteiger charge is -2.07. The Labute approximate surface area is 124 Å². The minimum atomic E-state index is -0.119. The number of carbonyl (C=O) groups is 1. The van der Waals surface area contributed by atoms with E-state index in [-0.39, 0.29) is 5.78 Å². The first kappa shape index (κ1) is 15.1. The topological polar surface area (TPSA) is 53.4 Å². The maximum absolute atomic E-state index is 12.5. The summed E-state index contributed by atoms with van der Waals surface area (Å²) in [5.41, 5.74) is 1.02.